The molecule has 0 aliphatic carbocycles. The van der Waals surface area contributed by atoms with Crippen LogP contribution in [-0.2, 0) is 27.2 Å². The zero-order chi connectivity index (χ0) is 20.8. The fraction of sp³-hybridized carbons (Fsp3) is 1.00. The maximum absolute atomic E-state index is 13.6. The lowest BCUT2D eigenvalue weighted by molar-refractivity contribution is 0.182. The maximum Gasteiger partial charge on any atom is 0.370 e. The Labute approximate surface area is 182 Å². The summed E-state index contributed by atoms with van der Waals surface area (Å²) < 4.78 is 48.1. The highest BCUT2D eigenvalue weighted by molar-refractivity contribution is 9.29. The Hall–Kier alpha value is 1.26. The van der Waals surface area contributed by atoms with Crippen LogP contribution in [0.1, 0.15) is 79.1 Å². The minimum absolute atomic E-state index is 0.239. The number of hydrogen-bond donors (Lipinski definition) is 0. The highest BCUT2D eigenvalue weighted by atomic mass is 79.9. The van der Waals surface area contributed by atoms with Crippen molar-refractivity contribution in [1.29, 1.82) is 0 Å². The van der Waals surface area contributed by atoms with Gasteiger partial charge in [-0.05, 0) is 57.5 Å². The molecule has 6 nitrogen and oxygen atoms in total. The van der Waals surface area contributed by atoms with E-state index in [0.717, 1.165) is 51.4 Å². The van der Waals surface area contributed by atoms with Crippen LogP contribution in [0.4, 0.5) is 0 Å². The van der Waals surface area contributed by atoms with Gasteiger partial charge in [0.2, 0.25) is 0 Å². The fourth-order valence-corrected chi connectivity index (χ4v) is 8.45. The van der Waals surface area contributed by atoms with E-state index in [2.05, 4.69) is 31.9 Å². The molecule has 0 saturated carbocycles. The molecule has 0 aromatic carbocycles. The molecule has 0 spiro atoms. The van der Waals surface area contributed by atoms with Crippen LogP contribution in [0.5, 0.6) is 0 Å². The van der Waals surface area contributed by atoms with Gasteiger partial charge in [0, 0.05) is 0 Å². The Morgan fingerprint density at radius 1 is 0.593 bits per heavy atom. The third-order valence-electron chi connectivity index (χ3n) is 3.70. The minimum atomic E-state index is -3.88. The zero-order valence-electron chi connectivity index (χ0n) is 17.1. The number of halogens is 2. The molecule has 0 fully saturated rings. The Balaban J connectivity index is 5.60. The molecule has 0 aromatic rings. The molecule has 0 amide bonds. The van der Waals surface area contributed by atoms with Gasteiger partial charge >= 0.3 is 15.2 Å². The summed E-state index contributed by atoms with van der Waals surface area (Å²) in [7, 11) is -7.76. The predicted molar refractivity (Wildman–Crippen MR) is 119 cm³/mol. The Morgan fingerprint density at radius 2 is 0.815 bits per heavy atom. The molecule has 0 aromatic heterocycles. The van der Waals surface area contributed by atoms with Crippen LogP contribution in [0, 0.1) is 0 Å². The molecule has 27 heavy (non-hydrogen) atoms. The van der Waals surface area contributed by atoms with Crippen molar-refractivity contribution in [3.05, 3.63) is 0 Å². The monoisotopic (exact) mass is 556 g/mol. The largest absolute Gasteiger partial charge is 0.370 e. The molecule has 0 radical (unpaired) electrons. The van der Waals surface area contributed by atoms with Gasteiger partial charge in [0.1, 0.15) is 0 Å². The van der Waals surface area contributed by atoms with Crippen LogP contribution in [0.3, 0.4) is 0 Å². The fourth-order valence-electron chi connectivity index (χ4n) is 1.85. The number of rotatable bonds is 18. The average Bonchev–Trinajstić information content (AvgIpc) is 2.62. The summed E-state index contributed by atoms with van der Waals surface area (Å²) in [5.41, 5.74) is 0. The Morgan fingerprint density at radius 3 is 1.00 bits per heavy atom. The predicted octanol–water partition coefficient (Wildman–Crippen LogP) is 8.04. The van der Waals surface area contributed by atoms with Crippen molar-refractivity contribution >= 4 is 47.1 Å². The SMILES string of the molecule is CCCCOP(=O)(OCCCC)C(Br)(Br)P(=O)(OCCCC)OCCCC. The van der Waals surface area contributed by atoms with Crippen LogP contribution in [0.2, 0.25) is 0 Å². The van der Waals surface area contributed by atoms with Crippen molar-refractivity contribution in [1.82, 2.24) is 0 Å². The standard InChI is InChI=1S/C17H36Br2O6P2/c1-5-9-13-22-26(20,23-14-10-6-2)17(18,19)27(21,24-15-11-7-3)25-16-12-8-4/h5-16H2,1-4H3. The van der Waals surface area contributed by atoms with E-state index >= 15 is 0 Å². The zero-order valence-corrected chi connectivity index (χ0v) is 22.0. The molecular formula is C17H36Br2O6P2. The van der Waals surface area contributed by atoms with E-state index in [-0.39, 0.29) is 26.4 Å². The number of unbranched alkanes of at least 4 members (excludes halogenated alkanes) is 4. The summed E-state index contributed by atoms with van der Waals surface area (Å²) in [5.74, 6) is 0. The number of hydrogen-bond acceptors (Lipinski definition) is 6. The lowest BCUT2D eigenvalue weighted by Crippen LogP contribution is -2.21. The molecule has 0 aliphatic rings. The van der Waals surface area contributed by atoms with E-state index < -0.39 is 17.9 Å². The van der Waals surface area contributed by atoms with E-state index in [0.29, 0.717) is 0 Å². The molecule has 0 heterocycles. The molecular weight excluding hydrogens is 522 g/mol. The minimum Gasteiger partial charge on any atom is -0.307 e. The first-order valence-corrected chi connectivity index (χ1v) is 14.6. The molecule has 0 atom stereocenters. The molecule has 10 heteroatoms. The van der Waals surface area contributed by atoms with Crippen LogP contribution in [-0.4, -0.2) is 29.1 Å². The Bertz CT molecular complexity index is 408. The average molecular weight is 558 g/mol. The lowest BCUT2D eigenvalue weighted by Gasteiger charge is -2.34. The van der Waals surface area contributed by atoms with Gasteiger partial charge < -0.3 is 18.1 Å². The van der Waals surface area contributed by atoms with Crippen LogP contribution < -0.4 is 0 Å². The molecule has 0 rings (SSSR count). The molecule has 0 bridgehead atoms. The van der Waals surface area contributed by atoms with Crippen LogP contribution >= 0.6 is 47.1 Å². The molecule has 0 aliphatic heterocycles. The number of alkyl halides is 2. The smallest absolute Gasteiger partial charge is 0.307 e. The highest BCUT2D eigenvalue weighted by Gasteiger charge is 2.63. The first-order valence-electron chi connectivity index (χ1n) is 9.90. The van der Waals surface area contributed by atoms with E-state index in [4.69, 9.17) is 18.1 Å². The van der Waals surface area contributed by atoms with Gasteiger partial charge in [-0.25, -0.2) is 0 Å². The first-order chi connectivity index (χ1) is 12.7. The van der Waals surface area contributed by atoms with Crippen molar-refractivity contribution in [2.24, 2.45) is 0 Å². The van der Waals surface area contributed by atoms with Gasteiger partial charge in [-0.3, -0.25) is 9.13 Å². The quantitative estimate of drug-likeness (QED) is 0.0964. The normalized spacial score (nSPS) is 13.3. The van der Waals surface area contributed by atoms with E-state index in [9.17, 15) is 9.13 Å². The summed E-state index contributed by atoms with van der Waals surface area (Å²) in [4.78, 5) is 0. The van der Waals surface area contributed by atoms with Crippen molar-refractivity contribution in [2.45, 2.75) is 81.8 Å². The second-order valence-corrected chi connectivity index (χ2v) is 16.9. The van der Waals surface area contributed by atoms with Gasteiger partial charge in [-0.15, -0.1) is 0 Å². The molecule has 0 saturated heterocycles. The molecule has 0 unspecified atom stereocenters. The summed E-state index contributed by atoms with van der Waals surface area (Å²) in [6.45, 7) is 8.99. The van der Waals surface area contributed by atoms with Crippen molar-refractivity contribution in [3.63, 3.8) is 0 Å². The maximum atomic E-state index is 13.6. The second kappa shape index (κ2) is 15.1. The van der Waals surface area contributed by atoms with Crippen molar-refractivity contribution < 1.29 is 27.2 Å². The Kier molecular flexibility index (Phi) is 15.8. The van der Waals surface area contributed by atoms with Gasteiger partial charge in [0.25, 0.3) is 2.72 Å². The highest BCUT2D eigenvalue weighted by Crippen LogP contribution is 2.83. The lowest BCUT2D eigenvalue weighted by atomic mass is 10.4. The van der Waals surface area contributed by atoms with Gasteiger partial charge in [-0.2, -0.15) is 0 Å². The first kappa shape index (κ1) is 28.3. The molecule has 164 valence electrons. The van der Waals surface area contributed by atoms with Crippen LogP contribution in [0.25, 0.3) is 0 Å². The summed E-state index contributed by atoms with van der Waals surface area (Å²) in [6.07, 6.45) is 6.39. The van der Waals surface area contributed by atoms with E-state index in [1.807, 2.05) is 27.7 Å². The van der Waals surface area contributed by atoms with E-state index in [1.54, 1.807) is 0 Å². The summed E-state index contributed by atoms with van der Waals surface area (Å²) >= 11 is 6.65. The van der Waals surface area contributed by atoms with Gasteiger partial charge in [0.15, 0.2) is 0 Å². The molecule has 0 N–H and O–H groups in total. The summed E-state index contributed by atoms with van der Waals surface area (Å²) in [5, 5.41) is 0. The van der Waals surface area contributed by atoms with E-state index in [1.165, 1.54) is 0 Å². The second-order valence-electron chi connectivity index (χ2n) is 6.25. The van der Waals surface area contributed by atoms with Gasteiger partial charge in [-0.1, -0.05) is 53.4 Å². The third-order valence-corrected chi connectivity index (χ3v) is 13.8. The topological polar surface area (TPSA) is 71.1 Å². The van der Waals surface area contributed by atoms with Crippen LogP contribution in [0.15, 0.2) is 0 Å². The van der Waals surface area contributed by atoms with Gasteiger partial charge in [0.05, 0.1) is 26.4 Å². The van der Waals surface area contributed by atoms with Crippen molar-refractivity contribution in [2.75, 3.05) is 26.4 Å². The van der Waals surface area contributed by atoms with Crippen molar-refractivity contribution in [3.8, 4) is 0 Å². The third kappa shape index (κ3) is 9.29. The summed E-state index contributed by atoms with van der Waals surface area (Å²) in [6, 6.07) is 0.